The molecule has 118 valence electrons. The van der Waals surface area contributed by atoms with Gasteiger partial charge >= 0.3 is 0 Å². The molecule has 3 atom stereocenters. The Labute approximate surface area is 130 Å². The second kappa shape index (κ2) is 6.52. The molecule has 0 spiro atoms. The van der Waals surface area contributed by atoms with Crippen LogP contribution in [0.25, 0.3) is 0 Å². The van der Waals surface area contributed by atoms with E-state index in [-0.39, 0.29) is 5.92 Å². The highest BCUT2D eigenvalue weighted by Crippen LogP contribution is 2.46. The van der Waals surface area contributed by atoms with Gasteiger partial charge in [0.2, 0.25) is 0 Å². The number of rotatable bonds is 1. The molecule has 0 aromatic carbocycles. The average molecular weight is 288 g/mol. The summed E-state index contributed by atoms with van der Waals surface area (Å²) in [6.45, 7) is 11.1. The summed E-state index contributed by atoms with van der Waals surface area (Å²) >= 11 is 0. The molecule has 0 aromatic rings. The molecule has 0 bridgehead atoms. The van der Waals surface area contributed by atoms with Crippen molar-refractivity contribution in [2.75, 3.05) is 0 Å². The smallest absolute Gasteiger partial charge is 0.0688 e. The number of hydrogen-bond acceptors (Lipinski definition) is 1. The Morgan fingerprint density at radius 1 is 1.19 bits per heavy atom. The van der Waals surface area contributed by atoms with Crippen LogP contribution in [-0.4, -0.2) is 10.7 Å². The molecular formula is C20H32O. The first-order valence-electron chi connectivity index (χ1n) is 8.56. The van der Waals surface area contributed by atoms with Crippen LogP contribution in [0.1, 0.15) is 66.7 Å². The molecule has 0 heterocycles. The Morgan fingerprint density at radius 2 is 1.90 bits per heavy atom. The van der Waals surface area contributed by atoms with Gasteiger partial charge in [-0.2, -0.15) is 0 Å². The minimum Gasteiger partial charge on any atom is -0.390 e. The van der Waals surface area contributed by atoms with Crippen LogP contribution < -0.4 is 0 Å². The quantitative estimate of drug-likeness (QED) is 0.638. The molecule has 2 aliphatic carbocycles. The van der Waals surface area contributed by atoms with Gasteiger partial charge in [-0.25, -0.2) is 0 Å². The number of allylic oxidation sites excluding steroid dienone is 5. The number of aliphatic hydroxyl groups is 1. The average Bonchev–Trinajstić information content (AvgIpc) is 2.67. The van der Waals surface area contributed by atoms with Crippen molar-refractivity contribution in [3.8, 4) is 0 Å². The molecule has 2 rings (SSSR count). The topological polar surface area (TPSA) is 20.2 Å². The van der Waals surface area contributed by atoms with Crippen LogP contribution in [0.2, 0.25) is 0 Å². The Bertz CT molecular complexity index is 462. The van der Waals surface area contributed by atoms with Gasteiger partial charge in [-0.15, -0.1) is 0 Å². The van der Waals surface area contributed by atoms with Crippen LogP contribution in [-0.2, 0) is 0 Å². The van der Waals surface area contributed by atoms with E-state index in [1.165, 1.54) is 16.7 Å². The zero-order valence-electron chi connectivity index (χ0n) is 14.4. The Morgan fingerprint density at radius 3 is 2.57 bits per heavy atom. The molecule has 0 radical (unpaired) electrons. The fourth-order valence-electron chi connectivity index (χ4n) is 3.87. The third-order valence-corrected chi connectivity index (χ3v) is 5.55. The lowest BCUT2D eigenvalue weighted by molar-refractivity contribution is 0.0326. The SMILES string of the molecule is C/C1=C\C/C=C(\C)C2CCC(C)(O)C2/C=C(/C(C)C)CC1. The van der Waals surface area contributed by atoms with Gasteiger partial charge in [0.05, 0.1) is 5.60 Å². The lowest BCUT2D eigenvalue weighted by Crippen LogP contribution is -2.31. The van der Waals surface area contributed by atoms with Crippen molar-refractivity contribution in [3.05, 3.63) is 34.9 Å². The summed E-state index contributed by atoms with van der Waals surface area (Å²) in [4.78, 5) is 0. The maximum atomic E-state index is 10.8. The van der Waals surface area contributed by atoms with Crippen molar-refractivity contribution in [2.24, 2.45) is 17.8 Å². The van der Waals surface area contributed by atoms with E-state index in [0.717, 1.165) is 32.1 Å². The first-order valence-corrected chi connectivity index (χ1v) is 8.56. The molecule has 1 fully saturated rings. The monoisotopic (exact) mass is 288 g/mol. The summed E-state index contributed by atoms with van der Waals surface area (Å²) in [7, 11) is 0. The van der Waals surface area contributed by atoms with Crippen LogP contribution in [0.15, 0.2) is 34.9 Å². The van der Waals surface area contributed by atoms with E-state index >= 15 is 0 Å². The summed E-state index contributed by atoms with van der Waals surface area (Å²) in [5.41, 5.74) is 3.93. The number of fused-ring (bicyclic) bond motifs is 1. The van der Waals surface area contributed by atoms with Crippen LogP contribution >= 0.6 is 0 Å². The standard InChI is InChI=1S/C20H32O/c1-14(2)17-10-9-15(3)7-6-8-16(4)18-11-12-20(5,21)19(18)13-17/h7-8,13-14,18-19,21H,6,9-12H2,1-5H3/b15-7+,16-8+,17-13+. The molecule has 2 aliphatic rings. The van der Waals surface area contributed by atoms with Crippen LogP contribution in [0, 0.1) is 17.8 Å². The van der Waals surface area contributed by atoms with E-state index in [1.807, 2.05) is 6.92 Å². The molecule has 0 aromatic heterocycles. The van der Waals surface area contributed by atoms with Crippen molar-refractivity contribution in [1.82, 2.24) is 0 Å². The van der Waals surface area contributed by atoms with E-state index in [2.05, 4.69) is 45.9 Å². The van der Waals surface area contributed by atoms with Gasteiger partial charge < -0.3 is 5.11 Å². The summed E-state index contributed by atoms with van der Waals surface area (Å²) in [6, 6.07) is 0. The van der Waals surface area contributed by atoms with Crippen molar-refractivity contribution >= 4 is 0 Å². The highest BCUT2D eigenvalue weighted by molar-refractivity contribution is 5.22. The van der Waals surface area contributed by atoms with Gasteiger partial charge in [0.25, 0.3) is 0 Å². The van der Waals surface area contributed by atoms with Crippen molar-refractivity contribution in [2.45, 2.75) is 72.3 Å². The number of hydrogen-bond donors (Lipinski definition) is 1. The van der Waals surface area contributed by atoms with Crippen molar-refractivity contribution < 1.29 is 5.11 Å². The zero-order valence-corrected chi connectivity index (χ0v) is 14.4. The second-order valence-electron chi connectivity index (χ2n) is 7.66. The molecule has 0 aliphatic heterocycles. The van der Waals surface area contributed by atoms with Gasteiger partial charge in [0, 0.05) is 5.92 Å². The van der Waals surface area contributed by atoms with E-state index in [9.17, 15) is 5.11 Å². The van der Waals surface area contributed by atoms with E-state index in [0.29, 0.717) is 11.8 Å². The normalized spacial score (nSPS) is 42.1. The largest absolute Gasteiger partial charge is 0.390 e. The van der Waals surface area contributed by atoms with Crippen molar-refractivity contribution in [1.29, 1.82) is 0 Å². The van der Waals surface area contributed by atoms with Gasteiger partial charge in [-0.1, -0.05) is 48.8 Å². The van der Waals surface area contributed by atoms with Gasteiger partial charge in [-0.05, 0) is 64.7 Å². The first-order chi connectivity index (χ1) is 9.81. The highest BCUT2D eigenvalue weighted by Gasteiger charge is 2.43. The maximum absolute atomic E-state index is 10.8. The highest BCUT2D eigenvalue weighted by atomic mass is 16.3. The van der Waals surface area contributed by atoms with E-state index in [4.69, 9.17) is 0 Å². The van der Waals surface area contributed by atoms with Crippen molar-refractivity contribution in [3.63, 3.8) is 0 Å². The Kier molecular flexibility index (Phi) is 5.14. The third-order valence-electron chi connectivity index (χ3n) is 5.55. The maximum Gasteiger partial charge on any atom is 0.0688 e. The van der Waals surface area contributed by atoms with Crippen LogP contribution in [0.4, 0.5) is 0 Å². The predicted molar refractivity (Wildman–Crippen MR) is 91.1 cm³/mol. The minimum atomic E-state index is -0.545. The lowest BCUT2D eigenvalue weighted by Gasteiger charge is -2.29. The Hall–Kier alpha value is -0.820. The predicted octanol–water partition coefficient (Wildman–Crippen LogP) is 5.42. The molecule has 0 saturated heterocycles. The van der Waals surface area contributed by atoms with Gasteiger partial charge in [0.1, 0.15) is 0 Å². The van der Waals surface area contributed by atoms with Gasteiger partial charge in [0.15, 0.2) is 0 Å². The third kappa shape index (κ3) is 3.88. The zero-order chi connectivity index (χ0) is 15.6. The van der Waals surface area contributed by atoms with E-state index < -0.39 is 5.60 Å². The van der Waals surface area contributed by atoms with Crippen LogP contribution in [0.5, 0.6) is 0 Å². The molecule has 3 unspecified atom stereocenters. The summed E-state index contributed by atoms with van der Waals surface area (Å²) < 4.78 is 0. The summed E-state index contributed by atoms with van der Waals surface area (Å²) in [5.74, 6) is 1.37. The fourth-order valence-corrected chi connectivity index (χ4v) is 3.87. The van der Waals surface area contributed by atoms with E-state index in [1.54, 1.807) is 0 Å². The molecule has 1 N–H and O–H groups in total. The molecule has 1 heteroatoms. The lowest BCUT2D eigenvalue weighted by atomic mass is 9.80. The Balaban J connectivity index is 2.41. The molecular weight excluding hydrogens is 256 g/mol. The molecule has 0 amide bonds. The minimum absolute atomic E-state index is 0.282. The molecule has 1 saturated carbocycles. The fraction of sp³-hybridized carbons (Fsp3) is 0.700. The van der Waals surface area contributed by atoms with Crippen LogP contribution in [0.3, 0.4) is 0 Å². The molecule has 21 heavy (non-hydrogen) atoms. The summed E-state index contributed by atoms with van der Waals surface area (Å²) in [6.07, 6.45) is 12.5. The van der Waals surface area contributed by atoms with Gasteiger partial charge in [-0.3, -0.25) is 0 Å². The second-order valence-corrected chi connectivity index (χ2v) is 7.66. The molecule has 1 nitrogen and oxygen atoms in total. The first kappa shape index (κ1) is 16.5. The summed E-state index contributed by atoms with van der Waals surface area (Å²) in [5, 5.41) is 10.8.